The summed E-state index contributed by atoms with van der Waals surface area (Å²) in [6.45, 7) is 0.223. The highest BCUT2D eigenvalue weighted by Gasteiger charge is 2.63. The number of carboxylic acids is 1. The second kappa shape index (κ2) is 3.08. The summed E-state index contributed by atoms with van der Waals surface area (Å²) >= 11 is 0. The van der Waals surface area contributed by atoms with E-state index in [1.807, 2.05) is 6.07 Å². The molecule has 4 nitrogen and oxygen atoms in total. The van der Waals surface area contributed by atoms with Crippen LogP contribution in [0.15, 0.2) is 30.3 Å². The molecule has 0 saturated carbocycles. The van der Waals surface area contributed by atoms with Gasteiger partial charge in [-0.1, -0.05) is 30.3 Å². The van der Waals surface area contributed by atoms with E-state index in [0.29, 0.717) is 5.56 Å². The molecule has 0 bridgehead atoms. The van der Waals surface area contributed by atoms with Crippen molar-refractivity contribution in [1.29, 1.82) is 0 Å². The molecular formula is C10H11NO3. The average molecular weight is 193 g/mol. The van der Waals surface area contributed by atoms with Crippen LogP contribution >= 0.6 is 0 Å². The molecule has 2 unspecified atom stereocenters. The van der Waals surface area contributed by atoms with Gasteiger partial charge in [-0.05, 0) is 5.56 Å². The third kappa shape index (κ3) is 1.12. The molecule has 1 fully saturated rings. The number of hydrogen-bond donors (Lipinski definition) is 2. The van der Waals surface area contributed by atoms with Gasteiger partial charge in [0.05, 0.1) is 0 Å². The molecule has 2 atom stereocenters. The van der Waals surface area contributed by atoms with Crippen LogP contribution in [0.5, 0.6) is 0 Å². The highest BCUT2D eigenvalue weighted by Crippen LogP contribution is 2.45. The fourth-order valence-electron chi connectivity index (χ4n) is 1.66. The van der Waals surface area contributed by atoms with Gasteiger partial charge in [0.15, 0.2) is 0 Å². The van der Waals surface area contributed by atoms with Gasteiger partial charge in [0.2, 0.25) is 5.60 Å². The summed E-state index contributed by atoms with van der Waals surface area (Å²) < 4.78 is 5.18. The van der Waals surface area contributed by atoms with Crippen LogP contribution < -0.4 is 5.73 Å². The van der Waals surface area contributed by atoms with Crippen LogP contribution in [-0.2, 0) is 15.1 Å². The van der Waals surface area contributed by atoms with E-state index in [2.05, 4.69) is 0 Å². The number of rotatable bonds is 3. The Hall–Kier alpha value is -1.39. The summed E-state index contributed by atoms with van der Waals surface area (Å²) in [5, 5.41) is 9.08. The van der Waals surface area contributed by atoms with Gasteiger partial charge in [-0.2, -0.15) is 0 Å². The molecule has 1 aromatic carbocycles. The van der Waals surface area contributed by atoms with Crippen LogP contribution in [0.3, 0.4) is 0 Å². The maximum absolute atomic E-state index is 11.1. The molecule has 1 aliphatic heterocycles. The van der Waals surface area contributed by atoms with Gasteiger partial charge >= 0.3 is 5.97 Å². The van der Waals surface area contributed by atoms with Crippen molar-refractivity contribution in [3.05, 3.63) is 35.9 Å². The van der Waals surface area contributed by atoms with Gasteiger partial charge in [-0.15, -0.1) is 0 Å². The summed E-state index contributed by atoms with van der Waals surface area (Å²) in [5.74, 6) is -0.973. The monoisotopic (exact) mass is 193 g/mol. The molecule has 1 saturated heterocycles. The van der Waals surface area contributed by atoms with Crippen LogP contribution in [0, 0.1) is 0 Å². The Kier molecular flexibility index (Phi) is 2.02. The lowest BCUT2D eigenvalue weighted by atomic mass is 9.95. The molecule has 1 aromatic rings. The maximum atomic E-state index is 11.1. The van der Waals surface area contributed by atoms with E-state index in [-0.39, 0.29) is 6.54 Å². The van der Waals surface area contributed by atoms with Crippen LogP contribution in [0.1, 0.15) is 5.56 Å². The summed E-state index contributed by atoms with van der Waals surface area (Å²) in [7, 11) is 0. The lowest BCUT2D eigenvalue weighted by Crippen LogP contribution is -2.27. The van der Waals surface area contributed by atoms with Crippen molar-refractivity contribution in [3.63, 3.8) is 0 Å². The van der Waals surface area contributed by atoms with Gasteiger partial charge in [0.25, 0.3) is 0 Å². The second-order valence-electron chi connectivity index (χ2n) is 3.25. The van der Waals surface area contributed by atoms with E-state index in [9.17, 15) is 4.79 Å². The van der Waals surface area contributed by atoms with Gasteiger partial charge in [0, 0.05) is 6.54 Å². The molecular weight excluding hydrogens is 182 g/mol. The predicted octanol–water partition coefficient (Wildman–Crippen LogP) is 0.324. The molecule has 3 N–H and O–H groups in total. The number of nitrogens with two attached hydrogens (primary N) is 1. The molecule has 0 amide bonds. The van der Waals surface area contributed by atoms with Crippen molar-refractivity contribution in [2.24, 2.45) is 5.73 Å². The quantitative estimate of drug-likeness (QED) is 0.678. The topological polar surface area (TPSA) is 75.8 Å². The third-order valence-electron chi connectivity index (χ3n) is 2.46. The maximum Gasteiger partial charge on any atom is 0.343 e. The number of ether oxygens (including phenoxy) is 1. The Morgan fingerprint density at radius 3 is 2.57 bits per heavy atom. The van der Waals surface area contributed by atoms with E-state index < -0.39 is 17.7 Å². The van der Waals surface area contributed by atoms with Gasteiger partial charge in [-0.25, -0.2) is 4.79 Å². The Morgan fingerprint density at radius 1 is 1.50 bits per heavy atom. The van der Waals surface area contributed by atoms with Crippen molar-refractivity contribution < 1.29 is 14.6 Å². The Bertz CT molecular complexity index is 352. The first-order valence-electron chi connectivity index (χ1n) is 4.38. The Labute approximate surface area is 81.3 Å². The Balaban J connectivity index is 2.36. The van der Waals surface area contributed by atoms with E-state index in [0.717, 1.165) is 0 Å². The zero-order chi connectivity index (χ0) is 10.2. The SMILES string of the molecule is NCC1OC1(C(=O)O)c1ccccc1. The molecule has 74 valence electrons. The minimum Gasteiger partial charge on any atom is -0.479 e. The van der Waals surface area contributed by atoms with Crippen LogP contribution in [0.2, 0.25) is 0 Å². The van der Waals surface area contributed by atoms with Gasteiger partial charge < -0.3 is 15.6 Å². The number of benzene rings is 1. The number of carbonyl (C=O) groups is 1. The van der Waals surface area contributed by atoms with Crippen molar-refractivity contribution in [2.45, 2.75) is 11.7 Å². The lowest BCUT2D eigenvalue weighted by molar-refractivity contribution is -0.143. The van der Waals surface area contributed by atoms with Crippen molar-refractivity contribution in [3.8, 4) is 0 Å². The first kappa shape index (κ1) is 9.18. The molecule has 1 heterocycles. The largest absolute Gasteiger partial charge is 0.479 e. The summed E-state index contributed by atoms with van der Waals surface area (Å²) in [6, 6.07) is 8.89. The van der Waals surface area contributed by atoms with E-state index in [1.165, 1.54) is 0 Å². The molecule has 0 aliphatic carbocycles. The smallest absolute Gasteiger partial charge is 0.343 e. The summed E-state index contributed by atoms with van der Waals surface area (Å²) in [4.78, 5) is 11.1. The van der Waals surface area contributed by atoms with Gasteiger partial charge in [0.1, 0.15) is 6.10 Å². The van der Waals surface area contributed by atoms with Crippen molar-refractivity contribution in [2.75, 3.05) is 6.54 Å². The second-order valence-corrected chi connectivity index (χ2v) is 3.25. The first-order chi connectivity index (χ1) is 6.71. The normalized spacial score (nSPS) is 29.9. The van der Waals surface area contributed by atoms with Gasteiger partial charge in [-0.3, -0.25) is 0 Å². The van der Waals surface area contributed by atoms with Crippen molar-refractivity contribution in [1.82, 2.24) is 0 Å². The van der Waals surface area contributed by atoms with Crippen LogP contribution in [0.25, 0.3) is 0 Å². The third-order valence-corrected chi connectivity index (χ3v) is 2.46. The summed E-state index contributed by atoms with van der Waals surface area (Å²) in [5.41, 5.74) is 4.85. The minimum absolute atomic E-state index is 0.223. The fraction of sp³-hybridized carbons (Fsp3) is 0.300. The zero-order valence-electron chi connectivity index (χ0n) is 7.51. The fourth-order valence-corrected chi connectivity index (χ4v) is 1.66. The molecule has 0 radical (unpaired) electrons. The summed E-state index contributed by atoms with van der Waals surface area (Å²) in [6.07, 6.45) is -0.401. The van der Waals surface area contributed by atoms with E-state index in [1.54, 1.807) is 24.3 Å². The molecule has 4 heteroatoms. The number of epoxide rings is 1. The molecule has 1 aliphatic rings. The molecule has 0 spiro atoms. The number of carboxylic acid groups (broad SMARTS) is 1. The van der Waals surface area contributed by atoms with Crippen molar-refractivity contribution >= 4 is 5.97 Å². The molecule has 2 rings (SSSR count). The molecule has 0 aromatic heterocycles. The lowest BCUT2D eigenvalue weighted by Gasteiger charge is -2.06. The number of hydrogen-bond acceptors (Lipinski definition) is 3. The van der Waals surface area contributed by atoms with Crippen LogP contribution in [-0.4, -0.2) is 23.7 Å². The minimum atomic E-state index is -1.20. The zero-order valence-corrected chi connectivity index (χ0v) is 7.51. The van der Waals surface area contributed by atoms with E-state index >= 15 is 0 Å². The van der Waals surface area contributed by atoms with Crippen LogP contribution in [0.4, 0.5) is 0 Å². The average Bonchev–Trinajstić information content (AvgIpc) is 2.94. The highest BCUT2D eigenvalue weighted by atomic mass is 16.6. The predicted molar refractivity (Wildman–Crippen MR) is 49.7 cm³/mol. The molecule has 14 heavy (non-hydrogen) atoms. The first-order valence-corrected chi connectivity index (χ1v) is 4.38. The number of aliphatic carboxylic acids is 1. The Morgan fingerprint density at radius 2 is 2.14 bits per heavy atom. The standard InChI is InChI=1S/C10H11NO3/c11-6-8-10(14-8,9(12)13)7-4-2-1-3-5-7/h1-5,8H,6,11H2,(H,12,13). The van der Waals surface area contributed by atoms with E-state index in [4.69, 9.17) is 15.6 Å². The highest BCUT2D eigenvalue weighted by molar-refractivity contribution is 5.83.